The van der Waals surface area contributed by atoms with Gasteiger partial charge in [-0.1, -0.05) is 23.8 Å². The molecule has 0 unspecified atom stereocenters. The number of ether oxygens (including phenoxy) is 1. The minimum Gasteiger partial charge on any atom is -0.496 e. The lowest BCUT2D eigenvalue weighted by atomic mass is 10.1. The van der Waals surface area contributed by atoms with Crippen molar-refractivity contribution < 1.29 is 14.6 Å². The van der Waals surface area contributed by atoms with Gasteiger partial charge in [0.05, 0.1) is 13.7 Å². The lowest BCUT2D eigenvalue weighted by Crippen LogP contribution is -2.25. The monoisotopic (exact) mass is 273 g/mol. The third kappa shape index (κ3) is 2.71. The van der Waals surface area contributed by atoms with Gasteiger partial charge in [0.25, 0.3) is 5.56 Å². The van der Waals surface area contributed by atoms with Gasteiger partial charge in [0.15, 0.2) is 0 Å². The van der Waals surface area contributed by atoms with Crippen molar-refractivity contribution in [3.8, 4) is 5.75 Å². The van der Waals surface area contributed by atoms with Gasteiger partial charge in [0.1, 0.15) is 11.4 Å². The van der Waals surface area contributed by atoms with Gasteiger partial charge in [-0.05, 0) is 19.1 Å². The minimum absolute atomic E-state index is 0.0407. The van der Waals surface area contributed by atoms with Crippen LogP contribution in [0.3, 0.4) is 0 Å². The molecular weight excluding hydrogens is 258 g/mol. The van der Waals surface area contributed by atoms with Gasteiger partial charge in [0.2, 0.25) is 0 Å². The van der Waals surface area contributed by atoms with E-state index in [2.05, 4.69) is 0 Å². The number of methoxy groups -OCH3 is 1. The Labute approximate surface area is 116 Å². The van der Waals surface area contributed by atoms with Crippen molar-refractivity contribution in [2.24, 2.45) is 0 Å². The lowest BCUT2D eigenvalue weighted by Gasteiger charge is -2.13. The van der Waals surface area contributed by atoms with Gasteiger partial charge in [-0.15, -0.1) is 0 Å². The maximum absolute atomic E-state index is 11.9. The number of pyridine rings is 1. The summed E-state index contributed by atoms with van der Waals surface area (Å²) in [7, 11) is 1.54. The number of rotatable bonds is 4. The van der Waals surface area contributed by atoms with E-state index >= 15 is 0 Å². The third-order valence-electron chi connectivity index (χ3n) is 3.03. The summed E-state index contributed by atoms with van der Waals surface area (Å²) in [5.74, 6) is -0.503. The van der Waals surface area contributed by atoms with Gasteiger partial charge in [-0.25, -0.2) is 4.79 Å². The molecule has 0 atom stereocenters. The van der Waals surface area contributed by atoms with Crippen molar-refractivity contribution in [2.75, 3.05) is 7.11 Å². The van der Waals surface area contributed by atoms with E-state index in [9.17, 15) is 9.59 Å². The molecule has 1 heterocycles. The molecule has 0 amide bonds. The molecule has 0 radical (unpaired) electrons. The second-order valence-corrected chi connectivity index (χ2v) is 4.46. The number of nitrogens with zero attached hydrogens (tertiary/aromatic N) is 1. The molecule has 0 aliphatic carbocycles. The van der Waals surface area contributed by atoms with Crippen LogP contribution in [0.25, 0.3) is 0 Å². The Hall–Kier alpha value is -2.56. The fourth-order valence-electron chi connectivity index (χ4n) is 2.07. The van der Waals surface area contributed by atoms with Crippen molar-refractivity contribution in [1.29, 1.82) is 0 Å². The van der Waals surface area contributed by atoms with Gasteiger partial charge in [-0.2, -0.15) is 0 Å². The average Bonchev–Trinajstić information content (AvgIpc) is 2.41. The number of carbonyl (C=O) groups is 1. The van der Waals surface area contributed by atoms with Crippen molar-refractivity contribution in [3.05, 3.63) is 63.6 Å². The molecule has 1 aromatic carbocycles. The van der Waals surface area contributed by atoms with Crippen molar-refractivity contribution in [1.82, 2.24) is 4.57 Å². The van der Waals surface area contributed by atoms with E-state index < -0.39 is 5.97 Å². The first kappa shape index (κ1) is 13.9. The zero-order valence-electron chi connectivity index (χ0n) is 11.3. The van der Waals surface area contributed by atoms with E-state index in [1.54, 1.807) is 13.2 Å². The predicted molar refractivity (Wildman–Crippen MR) is 74.5 cm³/mol. The van der Waals surface area contributed by atoms with E-state index in [4.69, 9.17) is 9.84 Å². The molecule has 0 spiro atoms. The van der Waals surface area contributed by atoms with Gasteiger partial charge < -0.3 is 9.84 Å². The zero-order chi connectivity index (χ0) is 14.7. The summed E-state index contributed by atoms with van der Waals surface area (Å²) in [5.41, 5.74) is 1.39. The van der Waals surface area contributed by atoms with Gasteiger partial charge >= 0.3 is 5.97 Å². The van der Waals surface area contributed by atoms with E-state index in [-0.39, 0.29) is 17.8 Å². The van der Waals surface area contributed by atoms with E-state index in [0.717, 1.165) is 11.1 Å². The second kappa shape index (κ2) is 5.61. The van der Waals surface area contributed by atoms with Crippen molar-refractivity contribution in [3.63, 3.8) is 0 Å². The highest BCUT2D eigenvalue weighted by Gasteiger charge is 2.13. The minimum atomic E-state index is -1.13. The number of carboxylic acids is 1. The average molecular weight is 273 g/mol. The van der Waals surface area contributed by atoms with Crippen LogP contribution in [0.4, 0.5) is 0 Å². The van der Waals surface area contributed by atoms with Crippen molar-refractivity contribution >= 4 is 5.97 Å². The molecule has 5 nitrogen and oxygen atoms in total. The Morgan fingerprint density at radius 3 is 2.70 bits per heavy atom. The molecule has 0 bridgehead atoms. The molecule has 0 aliphatic rings. The van der Waals surface area contributed by atoms with Crippen LogP contribution in [0.2, 0.25) is 0 Å². The Morgan fingerprint density at radius 2 is 2.05 bits per heavy atom. The Bertz CT molecular complexity index is 703. The molecule has 0 saturated carbocycles. The number of hydrogen-bond donors (Lipinski definition) is 1. The molecule has 0 saturated heterocycles. The van der Waals surface area contributed by atoms with Crippen LogP contribution in [-0.4, -0.2) is 22.8 Å². The first-order valence-corrected chi connectivity index (χ1v) is 6.09. The smallest absolute Gasteiger partial charge is 0.352 e. The van der Waals surface area contributed by atoms with Crippen LogP contribution >= 0.6 is 0 Å². The van der Waals surface area contributed by atoms with Crippen LogP contribution in [0, 0.1) is 6.92 Å². The number of aromatic carboxylic acids is 1. The summed E-state index contributed by atoms with van der Waals surface area (Å²) in [6, 6.07) is 9.77. The number of hydrogen-bond acceptors (Lipinski definition) is 3. The number of aryl methyl sites for hydroxylation is 1. The molecule has 1 aromatic heterocycles. The molecule has 2 rings (SSSR count). The highest BCUT2D eigenvalue weighted by molar-refractivity contribution is 5.85. The first-order valence-electron chi connectivity index (χ1n) is 6.09. The maximum atomic E-state index is 11.9. The lowest BCUT2D eigenvalue weighted by molar-refractivity contribution is 0.0684. The summed E-state index contributed by atoms with van der Waals surface area (Å²) in [4.78, 5) is 23.1. The Balaban J connectivity index is 2.53. The van der Waals surface area contributed by atoms with E-state index in [1.165, 1.54) is 22.8 Å². The molecule has 5 heteroatoms. The van der Waals surface area contributed by atoms with Crippen LogP contribution in [0.15, 0.2) is 41.2 Å². The SMILES string of the molecule is COc1ccc(C)cc1Cn1c(C(=O)O)cccc1=O. The molecule has 104 valence electrons. The summed E-state index contributed by atoms with van der Waals surface area (Å²) < 4.78 is 6.47. The summed E-state index contributed by atoms with van der Waals surface area (Å²) >= 11 is 0. The summed E-state index contributed by atoms with van der Waals surface area (Å²) in [6.45, 7) is 2.08. The third-order valence-corrected chi connectivity index (χ3v) is 3.03. The highest BCUT2D eigenvalue weighted by atomic mass is 16.5. The zero-order valence-corrected chi connectivity index (χ0v) is 11.3. The molecule has 0 aliphatic heterocycles. The second-order valence-electron chi connectivity index (χ2n) is 4.46. The molecule has 2 aromatic rings. The normalized spacial score (nSPS) is 10.3. The number of benzene rings is 1. The fourth-order valence-corrected chi connectivity index (χ4v) is 2.07. The molecule has 0 fully saturated rings. The summed E-state index contributed by atoms with van der Waals surface area (Å²) in [6.07, 6.45) is 0. The Morgan fingerprint density at radius 1 is 1.30 bits per heavy atom. The highest BCUT2D eigenvalue weighted by Crippen LogP contribution is 2.20. The van der Waals surface area contributed by atoms with E-state index in [1.807, 2.05) is 19.1 Å². The van der Waals surface area contributed by atoms with E-state index in [0.29, 0.717) is 5.75 Å². The summed E-state index contributed by atoms with van der Waals surface area (Å²) in [5, 5.41) is 9.16. The Kier molecular flexibility index (Phi) is 3.89. The standard InChI is InChI=1S/C15H15NO4/c1-10-6-7-13(20-2)11(8-10)9-16-12(15(18)19)4-3-5-14(16)17/h3-8H,9H2,1-2H3,(H,18,19). The predicted octanol–water partition coefficient (Wildman–Crippen LogP) is 1.91. The van der Waals surface area contributed by atoms with Crippen LogP contribution in [0.1, 0.15) is 21.6 Å². The molecule has 20 heavy (non-hydrogen) atoms. The van der Waals surface area contributed by atoms with Crippen LogP contribution in [-0.2, 0) is 6.54 Å². The number of aromatic nitrogens is 1. The first-order chi connectivity index (χ1) is 9.52. The van der Waals surface area contributed by atoms with Crippen LogP contribution in [0.5, 0.6) is 5.75 Å². The molecule has 1 N–H and O–H groups in total. The van der Waals surface area contributed by atoms with Gasteiger partial charge in [-0.3, -0.25) is 9.36 Å². The quantitative estimate of drug-likeness (QED) is 0.924. The molecular formula is C15H15NO4. The number of carboxylic acid groups (broad SMARTS) is 1. The maximum Gasteiger partial charge on any atom is 0.352 e. The largest absolute Gasteiger partial charge is 0.496 e. The fraction of sp³-hybridized carbons (Fsp3) is 0.200. The van der Waals surface area contributed by atoms with Gasteiger partial charge in [0, 0.05) is 11.6 Å². The van der Waals surface area contributed by atoms with Crippen molar-refractivity contribution in [2.45, 2.75) is 13.5 Å². The van der Waals surface area contributed by atoms with Crippen LogP contribution < -0.4 is 10.3 Å². The topological polar surface area (TPSA) is 68.5 Å².